The van der Waals surface area contributed by atoms with Crippen LogP contribution in [0.1, 0.15) is 33.6 Å². The van der Waals surface area contributed by atoms with Crippen LogP contribution in [0.15, 0.2) is 0 Å². The van der Waals surface area contributed by atoms with E-state index in [2.05, 4.69) is 12.8 Å². The largest absolute Gasteiger partial charge is 0.300 e. The molecule has 0 rings (SSSR count). The fraction of sp³-hybridized carbons (Fsp3) is 0.700. The van der Waals surface area contributed by atoms with Gasteiger partial charge in [-0.15, -0.1) is 12.3 Å². The first-order chi connectivity index (χ1) is 5.13. The van der Waals surface area contributed by atoms with Crippen molar-refractivity contribution in [1.82, 2.24) is 0 Å². The molecule has 0 aliphatic rings. The number of hydrogen-bond acceptors (Lipinski definition) is 1. The summed E-state index contributed by atoms with van der Waals surface area (Å²) < 4.78 is 0. The van der Waals surface area contributed by atoms with Crippen molar-refractivity contribution >= 4 is 5.78 Å². The summed E-state index contributed by atoms with van der Waals surface area (Å²) in [5, 5.41) is 0. The Morgan fingerprint density at radius 1 is 1.64 bits per heavy atom. The highest BCUT2D eigenvalue weighted by Gasteiger charge is 2.17. The van der Waals surface area contributed by atoms with Crippen LogP contribution in [0.2, 0.25) is 0 Å². The fourth-order valence-electron chi connectivity index (χ4n) is 1.07. The number of rotatable bonds is 4. The second kappa shape index (κ2) is 4.96. The van der Waals surface area contributed by atoms with E-state index in [0.717, 1.165) is 12.8 Å². The van der Waals surface area contributed by atoms with E-state index in [1.54, 1.807) is 6.92 Å². The average Bonchev–Trinajstić information content (AvgIpc) is 1.98. The van der Waals surface area contributed by atoms with Gasteiger partial charge in [0.25, 0.3) is 0 Å². The molecule has 0 radical (unpaired) electrons. The molecule has 0 spiro atoms. The van der Waals surface area contributed by atoms with E-state index in [1.165, 1.54) is 0 Å². The molecule has 0 aromatic heterocycles. The second-order valence-corrected chi connectivity index (χ2v) is 2.96. The van der Waals surface area contributed by atoms with E-state index >= 15 is 0 Å². The Kier molecular flexibility index (Phi) is 4.61. The Hall–Kier alpha value is -0.770. The highest BCUT2D eigenvalue weighted by Crippen LogP contribution is 2.16. The third kappa shape index (κ3) is 3.23. The van der Waals surface area contributed by atoms with Crippen molar-refractivity contribution in [3.8, 4) is 12.3 Å². The normalized spacial score (nSPS) is 15.1. The van der Waals surface area contributed by atoms with E-state index in [0.29, 0.717) is 0 Å². The highest BCUT2D eigenvalue weighted by atomic mass is 16.1. The minimum Gasteiger partial charge on any atom is -0.300 e. The molecule has 0 fully saturated rings. The van der Waals surface area contributed by atoms with Gasteiger partial charge in [0, 0.05) is 11.8 Å². The SMILES string of the molecule is C#CC(CCC)C(C)C(C)=O. The van der Waals surface area contributed by atoms with Crippen LogP contribution in [-0.4, -0.2) is 5.78 Å². The molecule has 0 aromatic rings. The van der Waals surface area contributed by atoms with Crippen molar-refractivity contribution in [3.05, 3.63) is 0 Å². The maximum absolute atomic E-state index is 10.9. The third-order valence-corrected chi connectivity index (χ3v) is 2.06. The van der Waals surface area contributed by atoms with Crippen molar-refractivity contribution in [2.75, 3.05) is 0 Å². The first-order valence-corrected chi connectivity index (χ1v) is 4.10. The predicted molar refractivity (Wildman–Crippen MR) is 47.1 cm³/mol. The summed E-state index contributed by atoms with van der Waals surface area (Å²) >= 11 is 0. The Morgan fingerprint density at radius 2 is 2.18 bits per heavy atom. The minimum atomic E-state index is 0.0277. The first kappa shape index (κ1) is 10.2. The number of ketones is 1. The van der Waals surface area contributed by atoms with Crippen LogP contribution in [0.5, 0.6) is 0 Å². The maximum Gasteiger partial charge on any atom is 0.133 e. The Labute approximate surface area is 69.2 Å². The molecule has 1 nitrogen and oxygen atoms in total. The molecule has 2 atom stereocenters. The lowest BCUT2D eigenvalue weighted by molar-refractivity contribution is -0.121. The van der Waals surface area contributed by atoms with Gasteiger partial charge in [-0.25, -0.2) is 0 Å². The van der Waals surface area contributed by atoms with E-state index in [4.69, 9.17) is 6.42 Å². The number of hydrogen-bond donors (Lipinski definition) is 0. The molecule has 0 aliphatic heterocycles. The van der Waals surface area contributed by atoms with Gasteiger partial charge in [0.15, 0.2) is 0 Å². The summed E-state index contributed by atoms with van der Waals surface area (Å²) in [6.45, 7) is 5.59. The fourth-order valence-corrected chi connectivity index (χ4v) is 1.07. The minimum absolute atomic E-state index is 0.0277. The third-order valence-electron chi connectivity index (χ3n) is 2.06. The summed E-state index contributed by atoms with van der Waals surface area (Å²) in [6, 6.07) is 0. The number of carbonyl (C=O) groups excluding carboxylic acids is 1. The molecule has 0 heterocycles. The van der Waals surface area contributed by atoms with Gasteiger partial charge in [0.2, 0.25) is 0 Å². The van der Waals surface area contributed by atoms with Crippen LogP contribution in [0.3, 0.4) is 0 Å². The molecule has 0 saturated carbocycles. The van der Waals surface area contributed by atoms with Gasteiger partial charge >= 0.3 is 0 Å². The zero-order valence-corrected chi connectivity index (χ0v) is 7.55. The van der Waals surface area contributed by atoms with E-state index < -0.39 is 0 Å². The smallest absolute Gasteiger partial charge is 0.133 e. The second-order valence-electron chi connectivity index (χ2n) is 2.96. The van der Waals surface area contributed by atoms with Gasteiger partial charge in [0.1, 0.15) is 5.78 Å². The van der Waals surface area contributed by atoms with Crippen molar-refractivity contribution < 1.29 is 4.79 Å². The quantitative estimate of drug-likeness (QED) is 0.565. The van der Waals surface area contributed by atoms with Crippen LogP contribution in [0.4, 0.5) is 0 Å². The summed E-state index contributed by atoms with van der Waals surface area (Å²) in [5.74, 6) is 3.02. The van der Waals surface area contributed by atoms with E-state index in [1.807, 2.05) is 6.92 Å². The molecule has 1 heteroatoms. The van der Waals surface area contributed by atoms with Crippen molar-refractivity contribution in [1.29, 1.82) is 0 Å². The molecular weight excluding hydrogens is 136 g/mol. The topological polar surface area (TPSA) is 17.1 Å². The Balaban J connectivity index is 4.05. The zero-order valence-electron chi connectivity index (χ0n) is 7.55. The average molecular weight is 152 g/mol. The van der Waals surface area contributed by atoms with E-state index in [-0.39, 0.29) is 17.6 Å². The maximum atomic E-state index is 10.9. The predicted octanol–water partition coefficient (Wildman–Crippen LogP) is 2.26. The van der Waals surface area contributed by atoms with E-state index in [9.17, 15) is 4.79 Å². The van der Waals surface area contributed by atoms with Crippen LogP contribution >= 0.6 is 0 Å². The number of terminal acetylenes is 1. The van der Waals surface area contributed by atoms with Crippen LogP contribution in [0, 0.1) is 24.2 Å². The molecular formula is C10H16O. The molecule has 0 amide bonds. The zero-order chi connectivity index (χ0) is 8.85. The van der Waals surface area contributed by atoms with Crippen molar-refractivity contribution in [2.24, 2.45) is 11.8 Å². The van der Waals surface area contributed by atoms with Gasteiger partial charge in [-0.3, -0.25) is 4.79 Å². The lowest BCUT2D eigenvalue weighted by Crippen LogP contribution is -2.16. The molecule has 0 saturated heterocycles. The van der Waals surface area contributed by atoms with Gasteiger partial charge in [-0.1, -0.05) is 20.3 Å². The molecule has 0 bridgehead atoms. The molecule has 0 aromatic carbocycles. The number of Topliss-reactive ketones (excluding diaryl/α,β-unsaturated/α-hetero) is 1. The standard InChI is InChI=1S/C10H16O/c1-5-7-10(6-2)8(3)9(4)11/h2,8,10H,5,7H2,1,3-4H3. The lowest BCUT2D eigenvalue weighted by atomic mass is 9.88. The van der Waals surface area contributed by atoms with Crippen molar-refractivity contribution in [2.45, 2.75) is 33.6 Å². The van der Waals surface area contributed by atoms with Crippen LogP contribution < -0.4 is 0 Å². The van der Waals surface area contributed by atoms with Gasteiger partial charge in [-0.05, 0) is 13.3 Å². The summed E-state index contributed by atoms with van der Waals surface area (Å²) in [7, 11) is 0. The monoisotopic (exact) mass is 152 g/mol. The molecule has 62 valence electrons. The lowest BCUT2D eigenvalue weighted by Gasteiger charge is -2.14. The van der Waals surface area contributed by atoms with Crippen LogP contribution in [0.25, 0.3) is 0 Å². The molecule has 11 heavy (non-hydrogen) atoms. The highest BCUT2D eigenvalue weighted by molar-refractivity contribution is 5.78. The number of carbonyl (C=O) groups is 1. The van der Waals surface area contributed by atoms with Gasteiger partial charge < -0.3 is 0 Å². The summed E-state index contributed by atoms with van der Waals surface area (Å²) in [5.41, 5.74) is 0. The van der Waals surface area contributed by atoms with Crippen molar-refractivity contribution in [3.63, 3.8) is 0 Å². The Bertz CT molecular complexity index is 164. The first-order valence-electron chi connectivity index (χ1n) is 4.10. The molecule has 0 N–H and O–H groups in total. The molecule has 0 aliphatic carbocycles. The Morgan fingerprint density at radius 3 is 2.45 bits per heavy atom. The van der Waals surface area contributed by atoms with Gasteiger partial charge in [0.05, 0.1) is 0 Å². The summed E-state index contributed by atoms with van der Waals surface area (Å²) in [6.07, 6.45) is 7.30. The molecule has 2 unspecified atom stereocenters. The summed E-state index contributed by atoms with van der Waals surface area (Å²) in [4.78, 5) is 10.9. The van der Waals surface area contributed by atoms with Crippen LogP contribution in [-0.2, 0) is 4.79 Å². The van der Waals surface area contributed by atoms with Gasteiger partial charge in [-0.2, -0.15) is 0 Å².